The Morgan fingerprint density at radius 1 is 0.472 bits per heavy atom. The van der Waals surface area contributed by atoms with Crippen LogP contribution in [0, 0.1) is 0 Å². The van der Waals surface area contributed by atoms with Crippen molar-refractivity contribution >= 4 is 33.4 Å². The summed E-state index contributed by atoms with van der Waals surface area (Å²) in [7, 11) is 0. The number of amides is 2. The maximum atomic E-state index is 12.9. The fraction of sp³-hybridized carbons (Fsp3) is 0.125. The van der Waals surface area contributed by atoms with Crippen LogP contribution in [0.25, 0.3) is 21.5 Å². The molecule has 36 heavy (non-hydrogen) atoms. The number of benzene rings is 5. The van der Waals surface area contributed by atoms with Crippen molar-refractivity contribution in [1.82, 2.24) is 10.6 Å². The Morgan fingerprint density at radius 2 is 0.861 bits per heavy atom. The maximum absolute atomic E-state index is 12.9. The van der Waals surface area contributed by atoms with Crippen LogP contribution in [0.2, 0.25) is 0 Å². The lowest BCUT2D eigenvalue weighted by atomic mass is 10.0. The third-order valence-corrected chi connectivity index (χ3v) is 6.44. The molecule has 5 aromatic rings. The first kappa shape index (κ1) is 23.3. The van der Waals surface area contributed by atoms with Crippen LogP contribution in [0.3, 0.4) is 0 Å². The lowest BCUT2D eigenvalue weighted by molar-refractivity contribution is 0.0920. The van der Waals surface area contributed by atoms with Gasteiger partial charge in [-0.05, 0) is 57.6 Å². The van der Waals surface area contributed by atoms with Crippen molar-refractivity contribution in [3.63, 3.8) is 0 Å². The van der Waals surface area contributed by atoms with Crippen molar-refractivity contribution in [1.29, 1.82) is 0 Å². The first-order valence-corrected chi connectivity index (χ1v) is 12.3. The van der Waals surface area contributed by atoms with E-state index in [4.69, 9.17) is 0 Å². The Balaban J connectivity index is 1.17. The van der Waals surface area contributed by atoms with Crippen LogP contribution >= 0.6 is 0 Å². The highest BCUT2D eigenvalue weighted by Gasteiger charge is 2.16. The van der Waals surface area contributed by atoms with Gasteiger partial charge in [0.2, 0.25) is 0 Å². The third kappa shape index (κ3) is 5.44. The van der Waals surface area contributed by atoms with E-state index in [1.165, 1.54) is 21.5 Å². The average Bonchev–Trinajstić information content (AvgIpc) is 2.93. The van der Waals surface area contributed by atoms with Gasteiger partial charge in [-0.1, -0.05) is 97.1 Å². The number of hydrogen-bond donors (Lipinski definition) is 2. The highest BCUT2D eigenvalue weighted by Crippen LogP contribution is 2.17. The van der Waals surface area contributed by atoms with Gasteiger partial charge in [0.25, 0.3) is 11.8 Å². The smallest absolute Gasteiger partial charge is 0.252 e. The molecule has 5 rings (SSSR count). The van der Waals surface area contributed by atoms with Gasteiger partial charge >= 0.3 is 0 Å². The van der Waals surface area contributed by atoms with Crippen molar-refractivity contribution in [3.8, 4) is 0 Å². The fourth-order valence-corrected chi connectivity index (χ4v) is 4.50. The molecule has 0 saturated carbocycles. The molecule has 0 aliphatic rings. The second-order valence-corrected chi connectivity index (χ2v) is 8.92. The minimum atomic E-state index is -0.240. The van der Waals surface area contributed by atoms with Crippen LogP contribution in [0.5, 0.6) is 0 Å². The van der Waals surface area contributed by atoms with Crippen LogP contribution in [0.15, 0.2) is 109 Å². The Labute approximate surface area is 211 Å². The molecule has 4 nitrogen and oxygen atoms in total. The Bertz CT molecular complexity index is 1420. The standard InChI is InChI=1S/C32H28N2O2/c35-31(33-19-17-23-13-15-25-7-1-3-9-27(25)21-23)29-11-5-6-12-30(29)32(36)34-20-18-24-14-16-26-8-2-4-10-28(26)22-24/h1-16,21-22H,17-20H2,(H,33,35)(H,34,36). The predicted molar refractivity (Wildman–Crippen MR) is 146 cm³/mol. The zero-order valence-electron chi connectivity index (χ0n) is 20.0. The van der Waals surface area contributed by atoms with Crippen LogP contribution in [-0.4, -0.2) is 24.9 Å². The summed E-state index contributed by atoms with van der Waals surface area (Å²) in [6, 6.07) is 36.1. The molecule has 0 heterocycles. The number of rotatable bonds is 8. The predicted octanol–water partition coefficient (Wildman–Crippen LogP) is 5.94. The van der Waals surface area contributed by atoms with Crippen LogP contribution in [-0.2, 0) is 12.8 Å². The molecule has 5 aromatic carbocycles. The maximum Gasteiger partial charge on any atom is 0.252 e. The summed E-state index contributed by atoms with van der Waals surface area (Å²) in [6.45, 7) is 0.990. The van der Waals surface area contributed by atoms with E-state index in [-0.39, 0.29) is 11.8 Å². The van der Waals surface area contributed by atoms with Crippen molar-refractivity contribution in [2.45, 2.75) is 12.8 Å². The monoisotopic (exact) mass is 472 g/mol. The summed E-state index contributed by atoms with van der Waals surface area (Å²) in [4.78, 5) is 25.8. The molecule has 0 aromatic heterocycles. The lowest BCUT2D eigenvalue weighted by Gasteiger charge is -2.11. The fourth-order valence-electron chi connectivity index (χ4n) is 4.50. The highest BCUT2D eigenvalue weighted by molar-refractivity contribution is 6.07. The van der Waals surface area contributed by atoms with E-state index < -0.39 is 0 Å². The van der Waals surface area contributed by atoms with E-state index >= 15 is 0 Å². The molecule has 2 N–H and O–H groups in total. The normalized spacial score (nSPS) is 10.9. The highest BCUT2D eigenvalue weighted by atomic mass is 16.2. The third-order valence-electron chi connectivity index (χ3n) is 6.44. The second-order valence-electron chi connectivity index (χ2n) is 8.92. The van der Waals surface area contributed by atoms with E-state index in [0.717, 1.165) is 24.0 Å². The van der Waals surface area contributed by atoms with Crippen LogP contribution < -0.4 is 10.6 Å². The quantitative estimate of drug-likeness (QED) is 0.294. The van der Waals surface area contributed by atoms with Gasteiger partial charge in [-0.2, -0.15) is 0 Å². The molecule has 0 atom stereocenters. The molecule has 0 aliphatic carbocycles. The molecule has 2 amide bonds. The minimum absolute atomic E-state index is 0.240. The Kier molecular flexibility index (Phi) is 7.04. The first-order valence-electron chi connectivity index (χ1n) is 12.3. The zero-order chi connectivity index (χ0) is 24.7. The van der Waals surface area contributed by atoms with Gasteiger partial charge in [-0.25, -0.2) is 0 Å². The molecular formula is C32H28N2O2. The van der Waals surface area contributed by atoms with Crippen molar-refractivity contribution in [3.05, 3.63) is 131 Å². The van der Waals surface area contributed by atoms with Crippen LogP contribution in [0.4, 0.5) is 0 Å². The van der Waals surface area contributed by atoms with Gasteiger partial charge in [0.1, 0.15) is 0 Å². The van der Waals surface area contributed by atoms with Gasteiger partial charge in [-0.3, -0.25) is 9.59 Å². The summed E-state index contributed by atoms with van der Waals surface area (Å²) < 4.78 is 0. The summed E-state index contributed by atoms with van der Waals surface area (Å²) in [5.74, 6) is -0.480. The van der Waals surface area contributed by atoms with Gasteiger partial charge in [-0.15, -0.1) is 0 Å². The van der Waals surface area contributed by atoms with Crippen molar-refractivity contribution in [2.75, 3.05) is 13.1 Å². The largest absolute Gasteiger partial charge is 0.352 e. The molecule has 178 valence electrons. The minimum Gasteiger partial charge on any atom is -0.352 e. The molecule has 0 radical (unpaired) electrons. The second kappa shape index (κ2) is 10.9. The topological polar surface area (TPSA) is 58.2 Å². The molecular weight excluding hydrogens is 444 g/mol. The van der Waals surface area contributed by atoms with E-state index in [1.807, 2.05) is 24.3 Å². The van der Waals surface area contributed by atoms with E-state index in [0.29, 0.717) is 24.2 Å². The first-order chi connectivity index (χ1) is 17.7. The van der Waals surface area contributed by atoms with Gasteiger partial charge in [0, 0.05) is 13.1 Å². The van der Waals surface area contributed by atoms with Gasteiger partial charge < -0.3 is 10.6 Å². The molecule has 0 bridgehead atoms. The SMILES string of the molecule is O=C(NCCc1ccc2ccccc2c1)c1ccccc1C(=O)NCCc1ccc2ccccc2c1. The molecule has 0 aliphatic heterocycles. The van der Waals surface area contributed by atoms with E-state index in [2.05, 4.69) is 71.3 Å². The average molecular weight is 473 g/mol. The molecule has 0 unspecified atom stereocenters. The summed E-state index contributed by atoms with van der Waals surface area (Å²) in [6.07, 6.45) is 1.44. The van der Waals surface area contributed by atoms with Crippen molar-refractivity contribution < 1.29 is 9.59 Å². The summed E-state index contributed by atoms with van der Waals surface area (Å²) in [5.41, 5.74) is 3.10. The number of carbonyl (C=O) groups excluding carboxylic acids is 2. The van der Waals surface area contributed by atoms with E-state index in [9.17, 15) is 9.59 Å². The van der Waals surface area contributed by atoms with Crippen LogP contribution in [0.1, 0.15) is 31.8 Å². The number of fused-ring (bicyclic) bond motifs is 2. The van der Waals surface area contributed by atoms with Crippen molar-refractivity contribution in [2.24, 2.45) is 0 Å². The number of hydrogen-bond acceptors (Lipinski definition) is 2. The van der Waals surface area contributed by atoms with Gasteiger partial charge in [0.05, 0.1) is 11.1 Å². The zero-order valence-corrected chi connectivity index (χ0v) is 20.0. The van der Waals surface area contributed by atoms with E-state index in [1.54, 1.807) is 24.3 Å². The number of nitrogens with one attached hydrogen (secondary N) is 2. The van der Waals surface area contributed by atoms with Gasteiger partial charge in [0.15, 0.2) is 0 Å². The summed E-state index contributed by atoms with van der Waals surface area (Å²) >= 11 is 0. The number of carbonyl (C=O) groups is 2. The molecule has 0 spiro atoms. The molecule has 0 saturated heterocycles. The lowest BCUT2D eigenvalue weighted by Crippen LogP contribution is -2.31. The Hall–Kier alpha value is -4.44. The molecule has 4 heteroatoms. The Morgan fingerprint density at radius 3 is 1.31 bits per heavy atom. The summed E-state index contributed by atoms with van der Waals surface area (Å²) in [5, 5.41) is 10.7. The molecule has 0 fully saturated rings.